The van der Waals surface area contributed by atoms with Crippen molar-refractivity contribution in [2.45, 2.75) is 82.7 Å². The molecule has 0 aliphatic heterocycles. The molecule has 3 aromatic carbocycles. The molecule has 39 heavy (non-hydrogen) atoms. The van der Waals surface area contributed by atoms with Gasteiger partial charge in [0.2, 0.25) is 0 Å². The zero-order valence-electron chi connectivity index (χ0n) is 23.0. The van der Waals surface area contributed by atoms with Gasteiger partial charge in [0, 0.05) is 0 Å². The summed E-state index contributed by atoms with van der Waals surface area (Å²) in [5.41, 5.74) is 4.40. The maximum atomic E-state index is 13.1. The van der Waals surface area contributed by atoms with Crippen LogP contribution in [0.25, 0.3) is 0 Å². The predicted molar refractivity (Wildman–Crippen MR) is 154 cm³/mol. The van der Waals surface area contributed by atoms with Gasteiger partial charge in [0.05, 0.1) is 11.1 Å². The maximum absolute atomic E-state index is 13.1. The van der Waals surface area contributed by atoms with Crippen LogP contribution in [0.15, 0.2) is 78.9 Å². The Morgan fingerprint density at radius 3 is 1.79 bits per heavy atom. The van der Waals surface area contributed by atoms with Crippen molar-refractivity contribution in [2.24, 2.45) is 5.92 Å². The van der Waals surface area contributed by atoms with Gasteiger partial charge in [-0.25, -0.2) is 9.59 Å². The van der Waals surface area contributed by atoms with Crippen LogP contribution in [0.4, 0.5) is 0 Å². The molecule has 0 N–H and O–H groups in total. The molecule has 0 amide bonds. The Bertz CT molecular complexity index is 1200. The van der Waals surface area contributed by atoms with E-state index in [1.807, 2.05) is 54.6 Å². The fraction of sp³-hybridized carbons (Fsp3) is 0.429. The van der Waals surface area contributed by atoms with Gasteiger partial charge in [0.1, 0.15) is 6.61 Å². The van der Waals surface area contributed by atoms with Crippen molar-refractivity contribution < 1.29 is 19.1 Å². The number of hydrogen-bond donors (Lipinski definition) is 0. The molecule has 3 aromatic rings. The van der Waals surface area contributed by atoms with E-state index in [1.54, 1.807) is 0 Å². The lowest BCUT2D eigenvalue weighted by Gasteiger charge is -2.26. The summed E-state index contributed by atoms with van der Waals surface area (Å²) in [5, 5.41) is 0. The zero-order chi connectivity index (χ0) is 27.0. The molecule has 4 nitrogen and oxygen atoms in total. The lowest BCUT2D eigenvalue weighted by Crippen LogP contribution is -2.19. The summed E-state index contributed by atoms with van der Waals surface area (Å²) >= 11 is 0. The number of ether oxygens (including phenoxy) is 2. The normalized spacial score (nSPS) is 20.6. The molecule has 0 spiro atoms. The molecule has 1 atom stereocenters. The Morgan fingerprint density at radius 1 is 0.667 bits per heavy atom. The first-order valence-corrected chi connectivity index (χ1v) is 14.7. The first-order chi connectivity index (χ1) is 19.1. The van der Waals surface area contributed by atoms with Gasteiger partial charge in [0.15, 0.2) is 6.10 Å². The molecular formula is C35H40O4. The van der Waals surface area contributed by atoms with Crippen LogP contribution in [0.1, 0.15) is 120 Å². The monoisotopic (exact) mass is 524 g/mol. The van der Waals surface area contributed by atoms with E-state index < -0.39 is 18.0 Å². The van der Waals surface area contributed by atoms with E-state index in [9.17, 15) is 9.59 Å². The molecule has 4 heteroatoms. The molecule has 0 bridgehead atoms. The molecule has 2 aliphatic rings. The van der Waals surface area contributed by atoms with Gasteiger partial charge in [-0.2, -0.15) is 0 Å². The van der Waals surface area contributed by atoms with E-state index >= 15 is 0 Å². The molecule has 0 heterocycles. The number of hydrogen-bond acceptors (Lipinski definition) is 4. The van der Waals surface area contributed by atoms with E-state index in [-0.39, 0.29) is 6.61 Å². The molecule has 5 rings (SSSR count). The van der Waals surface area contributed by atoms with Crippen molar-refractivity contribution in [3.05, 3.63) is 107 Å². The van der Waals surface area contributed by atoms with Crippen molar-refractivity contribution >= 4 is 11.9 Å². The van der Waals surface area contributed by atoms with Crippen molar-refractivity contribution in [1.82, 2.24) is 0 Å². The van der Waals surface area contributed by atoms with Crippen molar-refractivity contribution in [2.75, 3.05) is 6.61 Å². The minimum atomic E-state index is -0.691. The first kappa shape index (κ1) is 27.2. The lowest BCUT2D eigenvalue weighted by atomic mass is 9.79. The highest BCUT2D eigenvalue weighted by atomic mass is 16.6. The van der Waals surface area contributed by atoms with E-state index in [0.29, 0.717) is 23.0 Å². The fourth-order valence-electron chi connectivity index (χ4n) is 6.11. The third kappa shape index (κ3) is 7.17. The van der Waals surface area contributed by atoms with Crippen LogP contribution in [0.5, 0.6) is 0 Å². The highest BCUT2D eigenvalue weighted by Gasteiger charge is 2.23. The summed E-state index contributed by atoms with van der Waals surface area (Å²) in [5.74, 6) is 1.14. The molecule has 0 aromatic heterocycles. The third-order valence-corrected chi connectivity index (χ3v) is 8.64. The van der Waals surface area contributed by atoms with Crippen LogP contribution in [0, 0.1) is 5.92 Å². The van der Waals surface area contributed by atoms with Crippen molar-refractivity contribution in [3.63, 3.8) is 0 Å². The van der Waals surface area contributed by atoms with Gasteiger partial charge in [-0.05, 0) is 84.4 Å². The van der Waals surface area contributed by atoms with Crippen LogP contribution >= 0.6 is 0 Å². The maximum Gasteiger partial charge on any atom is 0.338 e. The summed E-state index contributed by atoms with van der Waals surface area (Å²) < 4.78 is 11.5. The minimum Gasteiger partial charge on any atom is -0.458 e. The zero-order valence-corrected chi connectivity index (χ0v) is 23.0. The molecule has 0 unspecified atom stereocenters. The molecule has 0 saturated heterocycles. The van der Waals surface area contributed by atoms with Crippen molar-refractivity contribution in [1.29, 1.82) is 0 Å². The predicted octanol–water partition coefficient (Wildman–Crippen LogP) is 8.78. The summed E-state index contributed by atoms with van der Waals surface area (Å²) in [6, 6.07) is 25.1. The largest absolute Gasteiger partial charge is 0.458 e. The van der Waals surface area contributed by atoms with Crippen molar-refractivity contribution in [3.8, 4) is 0 Å². The summed E-state index contributed by atoms with van der Waals surface area (Å²) in [6.07, 6.45) is 10.5. The van der Waals surface area contributed by atoms with Gasteiger partial charge in [0.25, 0.3) is 0 Å². The topological polar surface area (TPSA) is 52.6 Å². The third-order valence-electron chi connectivity index (χ3n) is 8.64. The average Bonchev–Trinajstić information content (AvgIpc) is 3.00. The summed E-state index contributed by atoms with van der Waals surface area (Å²) in [7, 11) is 0. The van der Waals surface area contributed by atoms with Crippen LogP contribution in [0.2, 0.25) is 0 Å². The summed E-state index contributed by atoms with van der Waals surface area (Å²) in [4.78, 5) is 26.0. The van der Waals surface area contributed by atoms with Gasteiger partial charge < -0.3 is 9.47 Å². The van der Waals surface area contributed by atoms with Gasteiger partial charge in [-0.15, -0.1) is 0 Å². The van der Waals surface area contributed by atoms with Crippen LogP contribution in [-0.4, -0.2) is 18.5 Å². The first-order valence-electron chi connectivity index (χ1n) is 14.7. The second-order valence-electron chi connectivity index (χ2n) is 11.4. The standard InChI is InChI=1S/C35H40O4/c1-25-12-14-27(15-13-25)29-18-22-32(23-19-29)35(37)39-33(30-10-6-3-7-11-30)24-38-34(36)31-20-16-28(17-21-31)26-8-4-2-5-9-26/h3,6-7,10-11,16-23,25-27,33H,2,4-5,8-9,12-15,24H2,1H3/t25?,27?,33-/m0/s1. The van der Waals surface area contributed by atoms with E-state index in [1.165, 1.54) is 68.9 Å². The number of esters is 2. The molecule has 2 saturated carbocycles. The Kier molecular flexibility index (Phi) is 9.13. The quantitative estimate of drug-likeness (QED) is 0.276. The Balaban J connectivity index is 1.21. The smallest absolute Gasteiger partial charge is 0.338 e. The fourth-order valence-corrected chi connectivity index (χ4v) is 6.11. The van der Waals surface area contributed by atoms with Crippen LogP contribution < -0.4 is 0 Å². The van der Waals surface area contributed by atoms with E-state index in [0.717, 1.165) is 11.5 Å². The van der Waals surface area contributed by atoms with E-state index in [2.05, 4.69) is 31.2 Å². The molecular weight excluding hydrogens is 484 g/mol. The van der Waals surface area contributed by atoms with Gasteiger partial charge in [-0.3, -0.25) is 0 Å². The van der Waals surface area contributed by atoms with Gasteiger partial charge >= 0.3 is 11.9 Å². The Hall–Kier alpha value is -3.40. The molecule has 2 fully saturated rings. The summed E-state index contributed by atoms with van der Waals surface area (Å²) in [6.45, 7) is 2.28. The minimum absolute atomic E-state index is 0.0443. The Labute approximate surface area is 232 Å². The molecule has 0 radical (unpaired) electrons. The Morgan fingerprint density at radius 2 is 1.21 bits per heavy atom. The molecule has 204 valence electrons. The lowest BCUT2D eigenvalue weighted by molar-refractivity contribution is -0.00133. The number of benzene rings is 3. The average molecular weight is 525 g/mol. The second kappa shape index (κ2) is 13.1. The number of rotatable bonds is 8. The molecule has 2 aliphatic carbocycles. The van der Waals surface area contributed by atoms with Gasteiger partial charge in [-0.1, -0.05) is 93.6 Å². The van der Waals surface area contributed by atoms with Crippen LogP contribution in [-0.2, 0) is 9.47 Å². The number of carbonyl (C=O) groups excluding carboxylic acids is 2. The van der Waals surface area contributed by atoms with E-state index in [4.69, 9.17) is 9.47 Å². The highest BCUT2D eigenvalue weighted by molar-refractivity contribution is 5.90. The highest BCUT2D eigenvalue weighted by Crippen LogP contribution is 2.36. The SMILES string of the molecule is CC1CCC(c2ccc(C(=O)O[C@@H](COC(=O)c3ccc(C4CCCCC4)cc3)c3ccccc3)cc2)CC1. The number of carbonyl (C=O) groups is 2. The van der Waals surface area contributed by atoms with Crippen LogP contribution in [0.3, 0.4) is 0 Å². The second-order valence-corrected chi connectivity index (χ2v) is 11.4.